The molecule has 3 rings (SSSR count). The molecule has 2 fully saturated rings. The van der Waals surface area contributed by atoms with Gasteiger partial charge in [0.15, 0.2) is 0 Å². The van der Waals surface area contributed by atoms with E-state index in [9.17, 15) is 13.2 Å². The van der Waals surface area contributed by atoms with E-state index in [0.717, 1.165) is 43.8 Å². The summed E-state index contributed by atoms with van der Waals surface area (Å²) in [6.45, 7) is 4.53. The number of sulfonamides is 1. The van der Waals surface area contributed by atoms with Crippen molar-refractivity contribution in [3.05, 3.63) is 23.9 Å². The molecule has 144 valence electrons. The molecule has 2 saturated heterocycles. The Morgan fingerprint density at radius 1 is 1.27 bits per heavy atom. The summed E-state index contributed by atoms with van der Waals surface area (Å²) in [5, 5.41) is 2.91. The van der Waals surface area contributed by atoms with Crippen LogP contribution in [0.4, 0.5) is 5.82 Å². The van der Waals surface area contributed by atoms with Crippen molar-refractivity contribution in [3.63, 3.8) is 0 Å². The van der Waals surface area contributed by atoms with Crippen LogP contribution in [0.3, 0.4) is 0 Å². The van der Waals surface area contributed by atoms with Crippen LogP contribution in [0, 0.1) is 0 Å². The van der Waals surface area contributed by atoms with Crippen molar-refractivity contribution in [3.8, 4) is 0 Å². The highest BCUT2D eigenvalue weighted by atomic mass is 32.2. The number of carbonyl (C=O) groups is 1. The Morgan fingerprint density at radius 3 is 2.69 bits per heavy atom. The maximum atomic E-state index is 12.5. The smallest absolute Gasteiger partial charge is 0.238 e. The van der Waals surface area contributed by atoms with E-state index in [1.807, 2.05) is 12.1 Å². The van der Waals surface area contributed by atoms with Gasteiger partial charge in [0.2, 0.25) is 15.9 Å². The summed E-state index contributed by atoms with van der Waals surface area (Å²) in [6.07, 6.45) is 4.20. The highest BCUT2D eigenvalue weighted by molar-refractivity contribution is 7.88. The molecule has 3 heterocycles. The molecule has 0 radical (unpaired) electrons. The first-order chi connectivity index (χ1) is 12.4. The zero-order valence-electron chi connectivity index (χ0n) is 15.4. The van der Waals surface area contributed by atoms with Crippen molar-refractivity contribution in [2.24, 2.45) is 0 Å². The Bertz CT molecular complexity index is 747. The summed E-state index contributed by atoms with van der Waals surface area (Å²) in [5.41, 5.74) is 0.953. The van der Waals surface area contributed by atoms with E-state index in [1.165, 1.54) is 4.31 Å². The first-order valence-electron chi connectivity index (χ1n) is 8.98. The zero-order valence-corrected chi connectivity index (χ0v) is 16.2. The van der Waals surface area contributed by atoms with Gasteiger partial charge in [-0.1, -0.05) is 6.07 Å². The van der Waals surface area contributed by atoms with Crippen LogP contribution in [0.25, 0.3) is 0 Å². The van der Waals surface area contributed by atoms with Gasteiger partial charge in [-0.3, -0.25) is 4.79 Å². The third-order valence-electron chi connectivity index (χ3n) is 5.06. The monoisotopic (exact) mass is 381 g/mol. The van der Waals surface area contributed by atoms with Crippen LogP contribution >= 0.6 is 0 Å². The minimum absolute atomic E-state index is 0.235. The van der Waals surface area contributed by atoms with Gasteiger partial charge in [0, 0.05) is 51.0 Å². The number of nitrogens with one attached hydrogen (secondary N) is 1. The van der Waals surface area contributed by atoms with Crippen LogP contribution in [0.5, 0.6) is 0 Å². The third-order valence-corrected chi connectivity index (χ3v) is 6.34. The van der Waals surface area contributed by atoms with E-state index in [-0.39, 0.29) is 5.91 Å². The summed E-state index contributed by atoms with van der Waals surface area (Å²) in [4.78, 5) is 21.6. The molecule has 1 amide bonds. The van der Waals surface area contributed by atoms with Gasteiger partial charge in [0.05, 0.1) is 6.26 Å². The third kappa shape index (κ3) is 4.33. The average molecular weight is 382 g/mol. The summed E-state index contributed by atoms with van der Waals surface area (Å²) in [5.74, 6) is 0.661. The number of amides is 1. The van der Waals surface area contributed by atoms with Crippen LogP contribution in [-0.4, -0.2) is 80.6 Å². The zero-order chi connectivity index (χ0) is 18.7. The molecule has 0 spiro atoms. The number of carbonyl (C=O) groups excluding carboxylic acids is 1. The highest BCUT2D eigenvalue weighted by Gasteiger charge is 2.36. The van der Waals surface area contributed by atoms with E-state index in [2.05, 4.69) is 27.1 Å². The van der Waals surface area contributed by atoms with E-state index < -0.39 is 16.1 Å². The average Bonchev–Trinajstić information content (AvgIpc) is 3.11. The number of nitrogens with zero attached hydrogens (tertiary/aromatic N) is 4. The second kappa shape index (κ2) is 7.89. The number of rotatable bonds is 5. The SMILES string of the molecule is CN1CCN(c2ncccc2CNC(=O)C2CCCN2S(C)(=O)=O)CC1. The molecule has 1 N–H and O–H groups in total. The van der Waals surface area contributed by atoms with E-state index >= 15 is 0 Å². The molecule has 9 heteroatoms. The largest absolute Gasteiger partial charge is 0.354 e. The Balaban J connectivity index is 1.66. The van der Waals surface area contributed by atoms with Gasteiger partial charge in [-0.2, -0.15) is 4.31 Å². The number of aromatic nitrogens is 1. The molecule has 1 aromatic rings. The van der Waals surface area contributed by atoms with Crippen LogP contribution in [0.15, 0.2) is 18.3 Å². The Kier molecular flexibility index (Phi) is 5.79. The topological polar surface area (TPSA) is 85.8 Å². The van der Waals surface area contributed by atoms with E-state index in [0.29, 0.717) is 25.9 Å². The standard InChI is InChI=1S/C17H27N5O3S/c1-20-9-11-21(12-10-20)16-14(5-3-7-18-16)13-19-17(23)15-6-4-8-22(15)26(2,24)25/h3,5,7,15H,4,6,8-13H2,1-2H3,(H,19,23). The Morgan fingerprint density at radius 2 is 2.00 bits per heavy atom. The molecule has 0 saturated carbocycles. The molecule has 26 heavy (non-hydrogen) atoms. The lowest BCUT2D eigenvalue weighted by atomic mass is 10.2. The van der Waals surface area contributed by atoms with Crippen molar-refractivity contribution >= 4 is 21.7 Å². The van der Waals surface area contributed by atoms with Gasteiger partial charge in [-0.15, -0.1) is 0 Å². The minimum Gasteiger partial charge on any atom is -0.354 e. The van der Waals surface area contributed by atoms with Crippen LogP contribution in [0.1, 0.15) is 18.4 Å². The van der Waals surface area contributed by atoms with E-state index in [1.54, 1.807) is 6.20 Å². The van der Waals surface area contributed by atoms with Crippen molar-refractivity contribution in [2.45, 2.75) is 25.4 Å². The number of anilines is 1. The quantitative estimate of drug-likeness (QED) is 0.765. The minimum atomic E-state index is -3.36. The molecule has 1 atom stereocenters. The van der Waals surface area contributed by atoms with Gasteiger partial charge in [0.1, 0.15) is 11.9 Å². The predicted molar refractivity (Wildman–Crippen MR) is 100 cm³/mol. The van der Waals surface area contributed by atoms with Gasteiger partial charge in [-0.05, 0) is 26.0 Å². The van der Waals surface area contributed by atoms with Crippen molar-refractivity contribution in [1.82, 2.24) is 19.5 Å². The maximum absolute atomic E-state index is 12.5. The molecule has 0 aliphatic carbocycles. The van der Waals surface area contributed by atoms with Gasteiger partial charge in [-0.25, -0.2) is 13.4 Å². The van der Waals surface area contributed by atoms with Gasteiger partial charge >= 0.3 is 0 Å². The Labute approximate surface area is 155 Å². The summed E-state index contributed by atoms with van der Waals surface area (Å²) in [7, 11) is -1.26. The number of piperazine rings is 1. The summed E-state index contributed by atoms with van der Waals surface area (Å²) in [6, 6.07) is 3.22. The second-order valence-corrected chi connectivity index (χ2v) is 8.96. The molecule has 1 aromatic heterocycles. The fourth-order valence-corrected chi connectivity index (χ4v) is 4.69. The van der Waals surface area contributed by atoms with E-state index in [4.69, 9.17) is 0 Å². The molecule has 1 unspecified atom stereocenters. The number of likely N-dealkylation sites (N-methyl/N-ethyl adjacent to an activating group) is 1. The number of hydrogen-bond acceptors (Lipinski definition) is 6. The Hall–Kier alpha value is -1.71. The van der Waals surface area contributed by atoms with Crippen molar-refractivity contribution in [1.29, 1.82) is 0 Å². The van der Waals surface area contributed by atoms with Gasteiger partial charge in [0.25, 0.3) is 0 Å². The van der Waals surface area contributed by atoms with Crippen molar-refractivity contribution in [2.75, 3.05) is 50.9 Å². The molecule has 2 aliphatic heterocycles. The number of pyridine rings is 1. The molecular weight excluding hydrogens is 354 g/mol. The first-order valence-corrected chi connectivity index (χ1v) is 10.8. The van der Waals surface area contributed by atoms with Crippen LogP contribution in [-0.2, 0) is 21.4 Å². The van der Waals surface area contributed by atoms with Crippen molar-refractivity contribution < 1.29 is 13.2 Å². The number of hydrogen-bond donors (Lipinski definition) is 1. The maximum Gasteiger partial charge on any atom is 0.238 e. The lowest BCUT2D eigenvalue weighted by Gasteiger charge is -2.34. The molecule has 8 nitrogen and oxygen atoms in total. The molecule has 0 bridgehead atoms. The lowest BCUT2D eigenvalue weighted by Crippen LogP contribution is -2.46. The fourth-order valence-electron chi connectivity index (χ4n) is 3.57. The predicted octanol–water partition coefficient (Wildman–Crippen LogP) is -0.126. The summed E-state index contributed by atoms with van der Waals surface area (Å²) >= 11 is 0. The normalized spacial score (nSPS) is 22.5. The first kappa shape index (κ1) is 19.1. The van der Waals surface area contributed by atoms with Crippen LogP contribution in [0.2, 0.25) is 0 Å². The molecule has 2 aliphatic rings. The lowest BCUT2D eigenvalue weighted by molar-refractivity contribution is -0.124. The molecule has 0 aromatic carbocycles. The second-order valence-electron chi connectivity index (χ2n) is 7.03. The summed E-state index contributed by atoms with van der Waals surface area (Å²) < 4.78 is 25.0. The fraction of sp³-hybridized carbons (Fsp3) is 0.647. The molecular formula is C17H27N5O3S. The van der Waals surface area contributed by atoms with Gasteiger partial charge < -0.3 is 15.1 Å². The van der Waals surface area contributed by atoms with Crippen LogP contribution < -0.4 is 10.2 Å². The highest BCUT2D eigenvalue weighted by Crippen LogP contribution is 2.22.